The van der Waals surface area contributed by atoms with Crippen LogP contribution in [-0.2, 0) is 4.74 Å². The maximum absolute atomic E-state index is 4.65. The van der Waals surface area contributed by atoms with Gasteiger partial charge in [0.05, 0.1) is 6.54 Å². The second-order valence-corrected chi connectivity index (χ2v) is 0.882. The van der Waals surface area contributed by atoms with Crippen molar-refractivity contribution in [3.05, 3.63) is 0 Å². The van der Waals surface area contributed by atoms with E-state index in [1.54, 1.807) is 0 Å². The quantitative estimate of drug-likeness (QED) is 0.387. The van der Waals surface area contributed by atoms with Gasteiger partial charge in [0.25, 0.3) is 0 Å². The summed E-state index contributed by atoms with van der Waals surface area (Å²) in [5.74, 6) is 0. The van der Waals surface area contributed by atoms with E-state index in [1.807, 2.05) is 0 Å². The molecule has 0 aromatic carbocycles. The molecule has 0 amide bonds. The van der Waals surface area contributed by atoms with Crippen LogP contribution in [-0.4, -0.2) is 42.6 Å². The van der Waals surface area contributed by atoms with E-state index in [0.29, 0.717) is 0 Å². The Morgan fingerprint density at radius 3 is 2.83 bits per heavy atom. The molecule has 0 aromatic heterocycles. The maximum atomic E-state index is 4.65. The molecular weight excluding hydrogens is 90.3 g/mol. The fraction of sp³-hybridized carbons (Fsp3) is 0.667. The Bertz CT molecular complexity index is 55.2. The molecule has 32 valence electrons. The van der Waals surface area contributed by atoms with Crippen LogP contribution in [0.1, 0.15) is 2.85 Å². The van der Waals surface area contributed by atoms with E-state index in [9.17, 15) is 0 Å². The topological polar surface area (TPSA) is 21.6 Å². The van der Waals surface area contributed by atoms with Crippen molar-refractivity contribution in [1.82, 2.24) is 0 Å². The van der Waals surface area contributed by atoms with Gasteiger partial charge in [-0.2, -0.15) is 0 Å². The van der Waals surface area contributed by atoms with Gasteiger partial charge in [-0.3, -0.25) is 4.99 Å². The Balaban J connectivity index is -0.0000000833. The zero-order valence-electron chi connectivity index (χ0n) is 5.55. The molecule has 0 atom stereocenters. The first-order chi connectivity index (χ1) is 2.50. The summed E-state index contributed by atoms with van der Waals surface area (Å²) in [4.78, 5) is 3.74. The standard InChI is InChI=1S/C3H5NO.Mg.2H/c1-2-5-3-4-1;;;/h3H,1-2H2;;;/q;+2;2*-1. The molecule has 0 saturated carbocycles. The fourth-order valence-electron chi connectivity index (χ4n) is 0.264. The minimum atomic E-state index is 0. The van der Waals surface area contributed by atoms with Gasteiger partial charge in [0.2, 0.25) is 0 Å². The summed E-state index contributed by atoms with van der Waals surface area (Å²) >= 11 is 0. The number of hydrogen-bond acceptors (Lipinski definition) is 2. The molecule has 2 nitrogen and oxygen atoms in total. The van der Waals surface area contributed by atoms with E-state index in [0.717, 1.165) is 13.2 Å². The van der Waals surface area contributed by atoms with Crippen LogP contribution in [0.2, 0.25) is 0 Å². The molecule has 6 heavy (non-hydrogen) atoms. The normalized spacial score (nSPS) is 16.0. The molecule has 0 aliphatic carbocycles. The first kappa shape index (κ1) is 6.24. The first-order valence-electron chi connectivity index (χ1n) is 1.60. The van der Waals surface area contributed by atoms with Crippen molar-refractivity contribution in [3.63, 3.8) is 0 Å². The predicted octanol–water partition coefficient (Wildman–Crippen LogP) is -0.111. The second kappa shape index (κ2) is 3.43. The molecule has 0 saturated heterocycles. The molecule has 0 N–H and O–H groups in total. The van der Waals surface area contributed by atoms with E-state index >= 15 is 0 Å². The van der Waals surface area contributed by atoms with Crippen LogP contribution in [0, 0.1) is 0 Å². The van der Waals surface area contributed by atoms with Crippen molar-refractivity contribution in [2.45, 2.75) is 0 Å². The molecule has 1 heterocycles. The number of nitrogens with zero attached hydrogens (tertiary/aromatic N) is 1. The summed E-state index contributed by atoms with van der Waals surface area (Å²) in [7, 11) is 0. The smallest absolute Gasteiger partial charge is 1.00 e. The van der Waals surface area contributed by atoms with Gasteiger partial charge in [0, 0.05) is 0 Å². The van der Waals surface area contributed by atoms with E-state index in [4.69, 9.17) is 0 Å². The van der Waals surface area contributed by atoms with E-state index in [2.05, 4.69) is 9.73 Å². The van der Waals surface area contributed by atoms with E-state index in [-0.39, 0.29) is 25.9 Å². The number of hydrogen-bond donors (Lipinski definition) is 0. The van der Waals surface area contributed by atoms with E-state index < -0.39 is 0 Å². The average molecular weight is 97.4 g/mol. The zero-order chi connectivity index (χ0) is 3.54. The molecule has 1 rings (SSSR count). The predicted molar refractivity (Wildman–Crippen MR) is 27.3 cm³/mol. The zero-order valence-corrected chi connectivity index (χ0v) is 4.97. The summed E-state index contributed by atoms with van der Waals surface area (Å²) in [6.07, 6.45) is 1.49. The molecule has 0 radical (unpaired) electrons. The van der Waals surface area contributed by atoms with Gasteiger partial charge in [0.15, 0.2) is 6.40 Å². The Hall–Kier alpha value is 0.236. The van der Waals surface area contributed by atoms with Crippen LogP contribution in [0.4, 0.5) is 0 Å². The molecule has 1 aliphatic rings. The van der Waals surface area contributed by atoms with Crippen molar-refractivity contribution in [2.75, 3.05) is 13.2 Å². The minimum absolute atomic E-state index is 0. The van der Waals surface area contributed by atoms with Gasteiger partial charge in [-0.05, 0) is 0 Å². The minimum Gasteiger partial charge on any atom is -1.00 e. The molecule has 0 aromatic rings. The molecule has 0 bridgehead atoms. The molecule has 3 heteroatoms. The monoisotopic (exact) mass is 97.0 g/mol. The van der Waals surface area contributed by atoms with E-state index in [1.165, 1.54) is 6.40 Å². The summed E-state index contributed by atoms with van der Waals surface area (Å²) in [5.41, 5.74) is 0. The SMILES string of the molecule is C1=NCCO1.[H-].[H-].[Mg+2]. The van der Waals surface area contributed by atoms with Gasteiger partial charge >= 0.3 is 23.1 Å². The van der Waals surface area contributed by atoms with Crippen molar-refractivity contribution in [1.29, 1.82) is 0 Å². The van der Waals surface area contributed by atoms with Crippen LogP contribution < -0.4 is 0 Å². The Morgan fingerprint density at radius 1 is 1.83 bits per heavy atom. The van der Waals surface area contributed by atoms with Crippen molar-refractivity contribution in [3.8, 4) is 0 Å². The first-order valence-corrected chi connectivity index (χ1v) is 1.60. The summed E-state index contributed by atoms with van der Waals surface area (Å²) in [6.45, 7) is 1.62. The Labute approximate surface area is 55.7 Å². The third-order valence-electron chi connectivity index (χ3n) is 0.487. The molecule has 0 spiro atoms. The van der Waals surface area contributed by atoms with Gasteiger partial charge < -0.3 is 7.59 Å². The van der Waals surface area contributed by atoms with Crippen LogP contribution >= 0.6 is 0 Å². The van der Waals surface area contributed by atoms with Gasteiger partial charge in [-0.1, -0.05) is 0 Å². The second-order valence-electron chi connectivity index (χ2n) is 0.882. The number of rotatable bonds is 0. The molecule has 0 unspecified atom stereocenters. The molecule has 0 fully saturated rings. The van der Waals surface area contributed by atoms with Gasteiger partial charge in [-0.15, -0.1) is 0 Å². The Kier molecular flexibility index (Phi) is 3.56. The number of ether oxygens (including phenoxy) is 1. The largest absolute Gasteiger partial charge is 2.00 e. The van der Waals surface area contributed by atoms with Crippen molar-refractivity contribution < 1.29 is 7.59 Å². The third-order valence-corrected chi connectivity index (χ3v) is 0.487. The number of aliphatic imine (C=N–C) groups is 1. The fourth-order valence-corrected chi connectivity index (χ4v) is 0.264. The molecule has 1 aliphatic heterocycles. The van der Waals surface area contributed by atoms with Gasteiger partial charge in [-0.25, -0.2) is 0 Å². The molecular formula is C3H7MgNO. The van der Waals surface area contributed by atoms with Gasteiger partial charge in [0.1, 0.15) is 6.61 Å². The van der Waals surface area contributed by atoms with Crippen LogP contribution in [0.5, 0.6) is 0 Å². The van der Waals surface area contributed by atoms with Crippen LogP contribution in [0.25, 0.3) is 0 Å². The summed E-state index contributed by atoms with van der Waals surface area (Å²) in [5, 5.41) is 0. The summed E-state index contributed by atoms with van der Waals surface area (Å²) < 4.78 is 4.65. The van der Waals surface area contributed by atoms with Crippen LogP contribution in [0.15, 0.2) is 4.99 Å². The summed E-state index contributed by atoms with van der Waals surface area (Å²) in [6, 6.07) is 0. The average Bonchev–Trinajstić information content (AvgIpc) is 1.76. The van der Waals surface area contributed by atoms with Crippen molar-refractivity contribution >= 4 is 29.5 Å². The Morgan fingerprint density at radius 2 is 2.67 bits per heavy atom. The van der Waals surface area contributed by atoms with Crippen LogP contribution in [0.3, 0.4) is 0 Å². The van der Waals surface area contributed by atoms with Crippen molar-refractivity contribution in [2.24, 2.45) is 4.99 Å². The third kappa shape index (κ3) is 1.62. The maximum Gasteiger partial charge on any atom is 2.00 e.